The summed E-state index contributed by atoms with van der Waals surface area (Å²) in [6.07, 6.45) is 8.11. The zero-order valence-electron chi connectivity index (χ0n) is 20.0. The Bertz CT molecular complexity index is 1590. The standard InChI is InChI=1S/C25H25N7O3S/c1-15-31-22(21-23(32-15)30-14-29-21)25(18-6-9-20(35-2)27-13-18)11-17(12-28-24(25)26)10-16-4-7-19(8-5-16)36(3,33)34/h4-9,11-14,24H,10,26H2,1-3H3,(H,29,30,31,32). The van der Waals surface area contributed by atoms with Crippen molar-refractivity contribution in [3.8, 4) is 5.88 Å². The molecule has 0 saturated carbocycles. The highest BCUT2D eigenvalue weighted by atomic mass is 32.2. The number of nitrogens with one attached hydrogen (secondary N) is 1. The minimum atomic E-state index is -3.27. The molecule has 3 aromatic heterocycles. The van der Waals surface area contributed by atoms with Gasteiger partial charge in [0.1, 0.15) is 17.5 Å². The number of aliphatic imine (C=N–C) groups is 1. The van der Waals surface area contributed by atoms with Gasteiger partial charge in [0.05, 0.1) is 29.4 Å². The molecule has 0 saturated heterocycles. The monoisotopic (exact) mass is 503 g/mol. The van der Waals surface area contributed by atoms with Gasteiger partial charge in [-0.25, -0.2) is 28.4 Å². The molecule has 0 amide bonds. The van der Waals surface area contributed by atoms with Crippen molar-refractivity contribution in [1.82, 2.24) is 24.9 Å². The normalized spacial score (nSPS) is 19.9. The molecule has 0 radical (unpaired) electrons. The van der Waals surface area contributed by atoms with Crippen LogP contribution in [0, 0.1) is 6.92 Å². The zero-order valence-corrected chi connectivity index (χ0v) is 20.8. The number of H-pyrrole nitrogens is 1. The molecule has 4 heterocycles. The molecule has 36 heavy (non-hydrogen) atoms. The van der Waals surface area contributed by atoms with E-state index in [4.69, 9.17) is 15.5 Å². The maximum absolute atomic E-state index is 11.8. The number of methoxy groups -OCH3 is 1. The van der Waals surface area contributed by atoms with Gasteiger partial charge in [-0.15, -0.1) is 0 Å². The first kappa shape index (κ1) is 23.8. The summed E-state index contributed by atoms with van der Waals surface area (Å²) in [6, 6.07) is 10.5. The number of fused-ring (bicyclic) bond motifs is 1. The maximum atomic E-state index is 11.8. The van der Waals surface area contributed by atoms with Crippen molar-refractivity contribution in [1.29, 1.82) is 0 Å². The molecule has 2 atom stereocenters. The van der Waals surface area contributed by atoms with Crippen LogP contribution in [0.1, 0.15) is 22.6 Å². The van der Waals surface area contributed by atoms with Crippen molar-refractivity contribution in [2.75, 3.05) is 13.4 Å². The predicted octanol–water partition coefficient (Wildman–Crippen LogP) is 2.29. The number of dihydropyridines is 1. The van der Waals surface area contributed by atoms with Crippen molar-refractivity contribution in [3.63, 3.8) is 0 Å². The number of allylic oxidation sites excluding steroid dienone is 1. The highest BCUT2D eigenvalue weighted by Gasteiger charge is 2.44. The number of aromatic nitrogens is 5. The van der Waals surface area contributed by atoms with Crippen LogP contribution >= 0.6 is 0 Å². The number of pyridine rings is 1. The van der Waals surface area contributed by atoms with Crippen LogP contribution in [0.5, 0.6) is 5.88 Å². The Morgan fingerprint density at radius 2 is 1.89 bits per heavy atom. The highest BCUT2D eigenvalue weighted by Crippen LogP contribution is 2.41. The number of sulfone groups is 1. The summed E-state index contributed by atoms with van der Waals surface area (Å²) in [6.45, 7) is 1.81. The van der Waals surface area contributed by atoms with Gasteiger partial charge in [-0.1, -0.05) is 24.3 Å². The van der Waals surface area contributed by atoms with Crippen LogP contribution in [0.4, 0.5) is 0 Å². The topological polar surface area (TPSA) is 149 Å². The van der Waals surface area contributed by atoms with Crippen LogP contribution in [-0.2, 0) is 21.7 Å². The number of benzene rings is 1. The molecule has 2 unspecified atom stereocenters. The van der Waals surface area contributed by atoms with Crippen molar-refractivity contribution < 1.29 is 13.2 Å². The van der Waals surface area contributed by atoms with E-state index in [1.165, 1.54) is 6.26 Å². The summed E-state index contributed by atoms with van der Waals surface area (Å²) in [5.74, 6) is 1.03. The molecule has 5 rings (SSSR count). The quantitative estimate of drug-likeness (QED) is 0.407. The van der Waals surface area contributed by atoms with E-state index < -0.39 is 21.4 Å². The van der Waals surface area contributed by atoms with Gasteiger partial charge in [-0.3, -0.25) is 4.99 Å². The largest absolute Gasteiger partial charge is 0.481 e. The van der Waals surface area contributed by atoms with E-state index in [0.29, 0.717) is 35.0 Å². The molecule has 0 bridgehead atoms. The first-order valence-corrected chi connectivity index (χ1v) is 13.1. The van der Waals surface area contributed by atoms with Gasteiger partial charge in [0.25, 0.3) is 0 Å². The average molecular weight is 504 g/mol. The molecule has 184 valence electrons. The molecular formula is C25H25N7O3S. The Labute approximate surface area is 208 Å². The number of aryl methyl sites for hydroxylation is 1. The lowest BCUT2D eigenvalue weighted by Crippen LogP contribution is -2.47. The van der Waals surface area contributed by atoms with Crippen LogP contribution in [-0.4, -0.2) is 59.1 Å². The molecule has 4 aromatic rings. The van der Waals surface area contributed by atoms with Gasteiger partial charge in [-0.2, -0.15) is 0 Å². The lowest BCUT2D eigenvalue weighted by atomic mass is 9.72. The predicted molar refractivity (Wildman–Crippen MR) is 136 cm³/mol. The molecule has 0 spiro atoms. The number of rotatable bonds is 6. The fourth-order valence-electron chi connectivity index (χ4n) is 4.48. The SMILES string of the molecule is COc1ccc(C2(c3nc(C)nc4nc[nH]c34)C=C(Cc3ccc(S(C)(=O)=O)cc3)C=NC2N)cn1. The number of nitrogens with zero attached hydrogens (tertiary/aromatic N) is 5. The van der Waals surface area contributed by atoms with Gasteiger partial charge in [-0.05, 0) is 42.2 Å². The third kappa shape index (κ3) is 4.16. The van der Waals surface area contributed by atoms with E-state index >= 15 is 0 Å². The van der Waals surface area contributed by atoms with Crippen LogP contribution in [0.15, 0.2) is 70.5 Å². The average Bonchev–Trinajstić information content (AvgIpc) is 3.33. The first-order chi connectivity index (χ1) is 17.2. The van der Waals surface area contributed by atoms with Gasteiger partial charge < -0.3 is 15.5 Å². The molecule has 0 fully saturated rings. The number of hydrogen-bond acceptors (Lipinski definition) is 9. The van der Waals surface area contributed by atoms with Crippen LogP contribution in [0.2, 0.25) is 0 Å². The number of ether oxygens (including phenoxy) is 1. The van der Waals surface area contributed by atoms with Gasteiger partial charge >= 0.3 is 0 Å². The molecular weight excluding hydrogens is 478 g/mol. The fourth-order valence-corrected chi connectivity index (χ4v) is 5.11. The molecule has 1 aromatic carbocycles. The third-order valence-corrected chi connectivity index (χ3v) is 7.38. The minimum Gasteiger partial charge on any atom is -0.481 e. The molecule has 11 heteroatoms. The second kappa shape index (κ2) is 8.92. The van der Waals surface area contributed by atoms with Crippen molar-refractivity contribution in [3.05, 3.63) is 83.2 Å². The van der Waals surface area contributed by atoms with E-state index in [2.05, 4.69) is 31.0 Å². The summed E-state index contributed by atoms with van der Waals surface area (Å²) >= 11 is 0. The second-order valence-corrected chi connectivity index (χ2v) is 10.7. The Morgan fingerprint density at radius 1 is 1.11 bits per heavy atom. The van der Waals surface area contributed by atoms with Gasteiger partial charge in [0.15, 0.2) is 15.5 Å². The molecule has 3 N–H and O–H groups in total. The van der Waals surface area contributed by atoms with Gasteiger partial charge in [0, 0.05) is 24.7 Å². The highest BCUT2D eigenvalue weighted by molar-refractivity contribution is 7.90. The molecule has 0 aliphatic carbocycles. The number of nitrogens with two attached hydrogens (primary N) is 1. The second-order valence-electron chi connectivity index (χ2n) is 8.71. The van der Waals surface area contributed by atoms with E-state index in [0.717, 1.165) is 16.7 Å². The van der Waals surface area contributed by atoms with Gasteiger partial charge in [0.2, 0.25) is 5.88 Å². The van der Waals surface area contributed by atoms with E-state index in [-0.39, 0.29) is 4.90 Å². The summed E-state index contributed by atoms with van der Waals surface area (Å²) in [7, 11) is -1.72. The van der Waals surface area contributed by atoms with Crippen LogP contribution in [0.25, 0.3) is 11.2 Å². The fraction of sp³-hybridized carbons (Fsp3) is 0.240. The lowest BCUT2D eigenvalue weighted by molar-refractivity contribution is 0.396. The third-order valence-electron chi connectivity index (χ3n) is 6.25. The summed E-state index contributed by atoms with van der Waals surface area (Å²) in [5, 5.41) is 0. The van der Waals surface area contributed by atoms with E-state index in [9.17, 15) is 8.42 Å². The Hall–Kier alpha value is -3.96. The lowest BCUT2D eigenvalue weighted by Gasteiger charge is -2.37. The summed E-state index contributed by atoms with van der Waals surface area (Å²) < 4.78 is 29.0. The maximum Gasteiger partial charge on any atom is 0.212 e. The van der Waals surface area contributed by atoms with Crippen molar-refractivity contribution in [2.24, 2.45) is 10.7 Å². The van der Waals surface area contributed by atoms with Crippen molar-refractivity contribution >= 4 is 27.2 Å². The Kier molecular flexibility index (Phi) is 5.89. The molecule has 10 nitrogen and oxygen atoms in total. The number of hydrogen-bond donors (Lipinski definition) is 2. The molecule has 1 aliphatic rings. The van der Waals surface area contributed by atoms with Crippen LogP contribution in [0.3, 0.4) is 0 Å². The summed E-state index contributed by atoms with van der Waals surface area (Å²) in [4.78, 5) is 26.1. The Balaban J connectivity index is 1.68. The minimum absolute atomic E-state index is 0.274. The van der Waals surface area contributed by atoms with Crippen molar-refractivity contribution in [2.45, 2.75) is 29.8 Å². The van der Waals surface area contributed by atoms with E-state index in [1.807, 2.05) is 13.0 Å². The smallest absolute Gasteiger partial charge is 0.212 e. The zero-order chi connectivity index (χ0) is 25.5. The number of aromatic amines is 1. The first-order valence-electron chi connectivity index (χ1n) is 11.2. The Morgan fingerprint density at radius 3 is 2.56 bits per heavy atom. The number of imidazole rings is 1. The van der Waals surface area contributed by atoms with Crippen LogP contribution < -0.4 is 10.5 Å². The summed E-state index contributed by atoms with van der Waals surface area (Å²) in [5.41, 5.74) is 10.2. The van der Waals surface area contributed by atoms with E-state index in [1.54, 1.807) is 56.2 Å². The molecule has 1 aliphatic heterocycles.